The van der Waals surface area contributed by atoms with Crippen LogP contribution in [0.2, 0.25) is 5.15 Å². The first-order valence-corrected chi connectivity index (χ1v) is 6.80. The number of carbonyl (C=O) groups is 1. The summed E-state index contributed by atoms with van der Waals surface area (Å²) in [6, 6.07) is 1.11. The SMILES string of the molecule is NC(=O)c1cc(F)c(C2CC3CCN(C3)C2)nc1Cl. The van der Waals surface area contributed by atoms with Crippen molar-refractivity contribution in [2.24, 2.45) is 11.7 Å². The Labute approximate surface area is 115 Å². The molecule has 2 saturated heterocycles. The van der Waals surface area contributed by atoms with Crippen LogP contribution in [0.25, 0.3) is 0 Å². The molecule has 102 valence electrons. The molecule has 0 saturated carbocycles. The van der Waals surface area contributed by atoms with E-state index in [0.717, 1.165) is 32.1 Å². The van der Waals surface area contributed by atoms with E-state index in [4.69, 9.17) is 17.3 Å². The van der Waals surface area contributed by atoms with Gasteiger partial charge >= 0.3 is 0 Å². The first kappa shape index (κ1) is 12.8. The Morgan fingerprint density at radius 2 is 2.32 bits per heavy atom. The largest absolute Gasteiger partial charge is 0.366 e. The molecular weight excluding hydrogens is 269 g/mol. The summed E-state index contributed by atoms with van der Waals surface area (Å²) in [5.41, 5.74) is 5.44. The van der Waals surface area contributed by atoms with Crippen molar-refractivity contribution in [3.63, 3.8) is 0 Å². The summed E-state index contributed by atoms with van der Waals surface area (Å²) < 4.78 is 14.1. The summed E-state index contributed by atoms with van der Waals surface area (Å²) in [6.45, 7) is 2.99. The van der Waals surface area contributed by atoms with Crippen LogP contribution >= 0.6 is 11.6 Å². The molecule has 2 aliphatic heterocycles. The molecule has 2 N–H and O–H groups in total. The molecule has 3 rings (SSSR count). The van der Waals surface area contributed by atoms with E-state index in [-0.39, 0.29) is 16.6 Å². The minimum absolute atomic E-state index is 0.00294. The predicted molar refractivity (Wildman–Crippen MR) is 69.6 cm³/mol. The molecule has 1 aromatic heterocycles. The van der Waals surface area contributed by atoms with Crippen molar-refractivity contribution < 1.29 is 9.18 Å². The number of aromatic nitrogens is 1. The zero-order valence-corrected chi connectivity index (χ0v) is 11.2. The van der Waals surface area contributed by atoms with Gasteiger partial charge in [0.05, 0.1) is 11.3 Å². The third-order valence-corrected chi connectivity index (χ3v) is 4.36. The first-order valence-electron chi connectivity index (χ1n) is 6.42. The van der Waals surface area contributed by atoms with Crippen LogP contribution in [0.15, 0.2) is 6.07 Å². The lowest BCUT2D eigenvalue weighted by molar-refractivity contribution is 0.0999. The minimum atomic E-state index is -0.754. The van der Waals surface area contributed by atoms with Crippen LogP contribution in [0, 0.1) is 11.7 Å². The van der Waals surface area contributed by atoms with E-state index in [0.29, 0.717) is 11.6 Å². The van der Waals surface area contributed by atoms with E-state index in [9.17, 15) is 9.18 Å². The molecule has 0 aliphatic carbocycles. The van der Waals surface area contributed by atoms with Gasteiger partial charge in [0, 0.05) is 19.0 Å². The van der Waals surface area contributed by atoms with Crippen LogP contribution in [-0.2, 0) is 0 Å². The normalized spacial score (nSPS) is 29.5. The molecular formula is C13H15ClFN3O. The first-order chi connectivity index (χ1) is 9.04. The third kappa shape index (κ3) is 2.32. The monoisotopic (exact) mass is 283 g/mol. The van der Waals surface area contributed by atoms with Gasteiger partial charge in [0.15, 0.2) is 0 Å². The summed E-state index contributed by atoms with van der Waals surface area (Å²) in [5, 5.41) is -0.00294. The molecule has 3 atom stereocenters. The lowest BCUT2D eigenvalue weighted by atomic mass is 9.88. The molecule has 3 heterocycles. The summed E-state index contributed by atoms with van der Waals surface area (Å²) in [6.07, 6.45) is 2.11. The highest BCUT2D eigenvalue weighted by atomic mass is 35.5. The van der Waals surface area contributed by atoms with Gasteiger partial charge in [-0.05, 0) is 31.4 Å². The molecule has 0 radical (unpaired) electrons. The van der Waals surface area contributed by atoms with Crippen LogP contribution in [0.4, 0.5) is 4.39 Å². The summed E-state index contributed by atoms with van der Waals surface area (Å²) in [5.74, 6) is -0.559. The number of nitrogens with two attached hydrogens (primary N) is 1. The molecule has 19 heavy (non-hydrogen) atoms. The van der Waals surface area contributed by atoms with E-state index in [1.54, 1.807) is 0 Å². The fraction of sp³-hybridized carbons (Fsp3) is 0.538. The molecule has 0 spiro atoms. The van der Waals surface area contributed by atoms with E-state index in [2.05, 4.69) is 9.88 Å². The maximum Gasteiger partial charge on any atom is 0.251 e. The van der Waals surface area contributed by atoms with Crippen LogP contribution in [0.5, 0.6) is 0 Å². The number of rotatable bonds is 2. The van der Waals surface area contributed by atoms with Crippen LogP contribution in [-0.4, -0.2) is 35.4 Å². The number of nitrogens with zero attached hydrogens (tertiary/aromatic N) is 2. The molecule has 2 aliphatic rings. The molecule has 4 nitrogen and oxygen atoms in total. The minimum Gasteiger partial charge on any atom is -0.366 e. The second-order valence-corrected chi connectivity index (χ2v) is 5.76. The maximum absolute atomic E-state index is 14.1. The van der Waals surface area contributed by atoms with E-state index in [1.807, 2.05) is 0 Å². The lowest BCUT2D eigenvalue weighted by Crippen LogP contribution is -2.32. The number of primary amides is 1. The highest BCUT2D eigenvalue weighted by molar-refractivity contribution is 6.32. The fourth-order valence-electron chi connectivity index (χ4n) is 3.20. The average Bonchev–Trinajstić information content (AvgIpc) is 2.70. The highest BCUT2D eigenvalue weighted by Crippen LogP contribution is 2.36. The topological polar surface area (TPSA) is 59.2 Å². The van der Waals surface area contributed by atoms with Gasteiger partial charge in [0.25, 0.3) is 5.91 Å². The van der Waals surface area contributed by atoms with Crippen molar-refractivity contribution >= 4 is 17.5 Å². The number of piperidine rings is 1. The van der Waals surface area contributed by atoms with Crippen LogP contribution < -0.4 is 5.73 Å². The second-order valence-electron chi connectivity index (χ2n) is 5.40. The summed E-state index contributed by atoms with van der Waals surface area (Å²) in [7, 11) is 0. The Kier molecular flexibility index (Phi) is 3.19. The molecule has 1 aromatic rings. The Morgan fingerprint density at radius 3 is 3.00 bits per heavy atom. The van der Waals surface area contributed by atoms with Crippen molar-refractivity contribution in [3.8, 4) is 0 Å². The number of carbonyl (C=O) groups excluding carboxylic acids is 1. The number of hydrogen-bond acceptors (Lipinski definition) is 3. The van der Waals surface area contributed by atoms with Crippen LogP contribution in [0.1, 0.15) is 34.8 Å². The van der Waals surface area contributed by atoms with E-state index in [1.165, 1.54) is 6.42 Å². The standard InChI is InChI=1S/C13H15ClFN3O/c14-12-9(13(16)19)4-10(15)11(17-12)8-3-7-1-2-18(5-7)6-8/h4,7-8H,1-3,5-6H2,(H2,16,19). The Hall–Kier alpha value is -1.20. The third-order valence-electron chi connectivity index (χ3n) is 4.08. The summed E-state index contributed by atoms with van der Waals surface area (Å²) >= 11 is 5.91. The van der Waals surface area contributed by atoms with Gasteiger partial charge in [-0.1, -0.05) is 11.6 Å². The number of amides is 1. The van der Waals surface area contributed by atoms with Crippen molar-refractivity contribution in [1.82, 2.24) is 9.88 Å². The number of pyridine rings is 1. The highest BCUT2D eigenvalue weighted by Gasteiger charge is 2.35. The second kappa shape index (κ2) is 4.72. The van der Waals surface area contributed by atoms with E-state index < -0.39 is 11.7 Å². The zero-order chi connectivity index (χ0) is 13.6. The van der Waals surface area contributed by atoms with Gasteiger partial charge in [-0.15, -0.1) is 0 Å². The number of hydrogen-bond donors (Lipinski definition) is 1. The maximum atomic E-state index is 14.1. The van der Waals surface area contributed by atoms with Crippen LogP contribution in [0.3, 0.4) is 0 Å². The predicted octanol–water partition coefficient (Wildman–Crippen LogP) is 1.78. The smallest absolute Gasteiger partial charge is 0.251 e. The van der Waals surface area contributed by atoms with E-state index >= 15 is 0 Å². The molecule has 1 amide bonds. The van der Waals surface area contributed by atoms with Gasteiger partial charge in [0.1, 0.15) is 11.0 Å². The van der Waals surface area contributed by atoms with Gasteiger partial charge < -0.3 is 10.6 Å². The quantitative estimate of drug-likeness (QED) is 0.842. The molecule has 2 bridgehead atoms. The Bertz CT molecular complexity index is 525. The van der Waals surface area contributed by atoms with Gasteiger partial charge in [-0.25, -0.2) is 9.37 Å². The number of halogens is 2. The fourth-order valence-corrected chi connectivity index (χ4v) is 3.44. The van der Waals surface area contributed by atoms with Crippen molar-refractivity contribution in [2.75, 3.05) is 19.6 Å². The van der Waals surface area contributed by atoms with Crippen molar-refractivity contribution in [3.05, 3.63) is 28.3 Å². The number of fused-ring (bicyclic) bond motifs is 2. The Balaban J connectivity index is 1.93. The summed E-state index contributed by atoms with van der Waals surface area (Å²) in [4.78, 5) is 17.5. The molecule has 3 unspecified atom stereocenters. The lowest BCUT2D eigenvalue weighted by Gasteiger charge is -2.29. The van der Waals surface area contributed by atoms with Gasteiger partial charge in [-0.2, -0.15) is 0 Å². The molecule has 2 fully saturated rings. The van der Waals surface area contributed by atoms with Crippen molar-refractivity contribution in [1.29, 1.82) is 0 Å². The Morgan fingerprint density at radius 1 is 1.53 bits per heavy atom. The average molecular weight is 284 g/mol. The molecule has 0 aromatic carbocycles. The molecule has 6 heteroatoms. The zero-order valence-electron chi connectivity index (χ0n) is 10.4. The van der Waals surface area contributed by atoms with Crippen molar-refractivity contribution in [2.45, 2.75) is 18.8 Å². The van der Waals surface area contributed by atoms with Gasteiger partial charge in [-0.3, -0.25) is 4.79 Å². The van der Waals surface area contributed by atoms with Gasteiger partial charge in [0.2, 0.25) is 0 Å².